The van der Waals surface area contributed by atoms with Gasteiger partial charge in [0.1, 0.15) is 5.75 Å². The number of rotatable bonds is 7. The Labute approximate surface area is 203 Å². The molecule has 7 heteroatoms. The van der Waals surface area contributed by atoms with Crippen LogP contribution in [-0.4, -0.2) is 22.9 Å². The number of H-pyrrole nitrogens is 1. The Morgan fingerprint density at radius 1 is 1.03 bits per heavy atom. The van der Waals surface area contributed by atoms with Gasteiger partial charge in [0.25, 0.3) is 5.56 Å². The lowest BCUT2D eigenvalue weighted by atomic mass is 9.79. The zero-order valence-corrected chi connectivity index (χ0v) is 20.9. The first kappa shape index (κ1) is 23.7. The van der Waals surface area contributed by atoms with E-state index in [1.807, 2.05) is 18.4 Å². The number of nitrogens with zero attached hydrogens (tertiary/aromatic N) is 1. The number of aromatic amines is 1. The summed E-state index contributed by atoms with van der Waals surface area (Å²) >= 11 is 1.56. The van der Waals surface area contributed by atoms with Crippen molar-refractivity contribution in [3.8, 4) is 22.6 Å². The second-order valence-corrected chi connectivity index (χ2v) is 9.49. The van der Waals surface area contributed by atoms with Gasteiger partial charge in [-0.15, -0.1) is 0 Å². The quantitative estimate of drug-likeness (QED) is 0.334. The lowest BCUT2D eigenvalue weighted by Crippen LogP contribution is -2.28. The number of benzene rings is 3. The van der Waals surface area contributed by atoms with Crippen LogP contribution >= 0.6 is 11.9 Å². The smallest absolute Gasteiger partial charge is 0.332 e. The highest BCUT2D eigenvalue weighted by atomic mass is 32.2. The van der Waals surface area contributed by atoms with Crippen LogP contribution in [0.4, 0.5) is 5.69 Å². The first-order valence-electron chi connectivity index (χ1n) is 11.2. The maximum absolute atomic E-state index is 12.6. The molecule has 0 amide bonds. The molecule has 1 heterocycles. The standard InChI is InChI=1S/C27H29N3O3S/c1-6-27(2,3)23-16-21(30-12-11-24(31)28-26(30)32)15-22(25(23)33-4)19-8-7-18-14-20(29-34-5)10-9-17(18)13-19/h7-16,29H,6H2,1-5H3,(H,28,31,32). The van der Waals surface area contributed by atoms with Gasteiger partial charge in [0.05, 0.1) is 12.8 Å². The molecule has 4 aromatic rings. The maximum atomic E-state index is 12.6. The highest BCUT2D eigenvalue weighted by Crippen LogP contribution is 2.43. The Bertz CT molecular complexity index is 1470. The molecule has 2 N–H and O–H groups in total. The van der Waals surface area contributed by atoms with Crippen molar-refractivity contribution in [2.75, 3.05) is 18.1 Å². The number of nitrogens with one attached hydrogen (secondary N) is 2. The van der Waals surface area contributed by atoms with Crippen molar-refractivity contribution in [2.24, 2.45) is 0 Å². The number of hydrogen-bond acceptors (Lipinski definition) is 5. The summed E-state index contributed by atoms with van der Waals surface area (Å²) in [6, 6.07) is 17.9. The van der Waals surface area contributed by atoms with Crippen molar-refractivity contribution in [3.05, 3.63) is 87.2 Å². The van der Waals surface area contributed by atoms with Crippen LogP contribution in [0.25, 0.3) is 27.6 Å². The van der Waals surface area contributed by atoms with Gasteiger partial charge >= 0.3 is 5.69 Å². The Kier molecular flexibility index (Phi) is 6.57. The Morgan fingerprint density at radius 2 is 1.76 bits per heavy atom. The van der Waals surface area contributed by atoms with Crippen LogP contribution < -0.4 is 20.7 Å². The molecule has 0 aliphatic heterocycles. The molecule has 0 saturated carbocycles. The average molecular weight is 476 g/mol. The van der Waals surface area contributed by atoms with E-state index < -0.39 is 11.2 Å². The first-order valence-corrected chi connectivity index (χ1v) is 12.4. The van der Waals surface area contributed by atoms with Gasteiger partial charge in [-0.1, -0.05) is 50.9 Å². The van der Waals surface area contributed by atoms with E-state index in [0.29, 0.717) is 5.69 Å². The summed E-state index contributed by atoms with van der Waals surface area (Å²) in [5.74, 6) is 0.785. The number of ether oxygens (including phenoxy) is 1. The summed E-state index contributed by atoms with van der Waals surface area (Å²) in [5.41, 5.74) is 3.51. The van der Waals surface area contributed by atoms with Gasteiger partial charge in [0.2, 0.25) is 0 Å². The molecule has 176 valence electrons. The second kappa shape index (κ2) is 9.43. The fourth-order valence-electron chi connectivity index (χ4n) is 4.10. The van der Waals surface area contributed by atoms with Gasteiger partial charge in [0, 0.05) is 35.3 Å². The maximum Gasteiger partial charge on any atom is 0.332 e. The van der Waals surface area contributed by atoms with Crippen molar-refractivity contribution < 1.29 is 4.74 Å². The Hall–Kier alpha value is -3.45. The summed E-state index contributed by atoms with van der Waals surface area (Å²) in [5, 5.41) is 2.23. The van der Waals surface area contributed by atoms with Crippen LogP contribution in [-0.2, 0) is 5.41 Å². The predicted molar refractivity (Wildman–Crippen MR) is 143 cm³/mol. The lowest BCUT2D eigenvalue weighted by Gasteiger charge is -2.28. The van der Waals surface area contributed by atoms with E-state index in [2.05, 4.69) is 66.9 Å². The molecule has 0 aliphatic carbocycles. The van der Waals surface area contributed by atoms with Gasteiger partial charge in [0.15, 0.2) is 0 Å². The Balaban J connectivity index is 1.98. The summed E-state index contributed by atoms with van der Waals surface area (Å²) < 4.78 is 10.7. The van der Waals surface area contributed by atoms with Gasteiger partial charge in [-0.3, -0.25) is 14.3 Å². The van der Waals surface area contributed by atoms with Gasteiger partial charge in [-0.2, -0.15) is 0 Å². The van der Waals surface area contributed by atoms with E-state index in [0.717, 1.165) is 45.3 Å². The van der Waals surface area contributed by atoms with Crippen LogP contribution in [0, 0.1) is 0 Å². The molecule has 0 unspecified atom stereocenters. The minimum absolute atomic E-state index is 0.197. The van der Waals surface area contributed by atoms with Crippen molar-refractivity contribution in [1.29, 1.82) is 0 Å². The largest absolute Gasteiger partial charge is 0.496 e. The van der Waals surface area contributed by atoms with Crippen molar-refractivity contribution in [3.63, 3.8) is 0 Å². The third kappa shape index (κ3) is 4.48. The molecule has 0 bridgehead atoms. The molecule has 3 aromatic carbocycles. The summed E-state index contributed by atoms with van der Waals surface area (Å²) in [6.07, 6.45) is 4.39. The predicted octanol–water partition coefficient (Wildman–Crippen LogP) is 5.73. The monoisotopic (exact) mass is 475 g/mol. The fraction of sp³-hybridized carbons (Fsp3) is 0.259. The van der Waals surface area contributed by atoms with E-state index in [1.165, 1.54) is 16.8 Å². The Morgan fingerprint density at radius 3 is 2.44 bits per heavy atom. The van der Waals surface area contributed by atoms with E-state index >= 15 is 0 Å². The van der Waals surface area contributed by atoms with E-state index in [9.17, 15) is 9.59 Å². The van der Waals surface area contributed by atoms with Gasteiger partial charge in [-0.05, 0) is 58.5 Å². The number of anilines is 1. The molecule has 0 radical (unpaired) electrons. The number of hydrogen-bond donors (Lipinski definition) is 2. The molecular formula is C27H29N3O3S. The molecule has 1 aromatic heterocycles. The van der Waals surface area contributed by atoms with Crippen molar-refractivity contribution >= 4 is 28.4 Å². The van der Waals surface area contributed by atoms with Crippen LogP contribution in [0.15, 0.2) is 70.4 Å². The second-order valence-electron chi connectivity index (χ2n) is 8.87. The molecule has 34 heavy (non-hydrogen) atoms. The van der Waals surface area contributed by atoms with Crippen LogP contribution in [0.3, 0.4) is 0 Å². The average Bonchev–Trinajstić information content (AvgIpc) is 2.83. The molecule has 0 saturated heterocycles. The van der Waals surface area contributed by atoms with E-state index in [-0.39, 0.29) is 5.41 Å². The minimum Gasteiger partial charge on any atom is -0.496 e. The van der Waals surface area contributed by atoms with Crippen LogP contribution in [0.5, 0.6) is 5.75 Å². The zero-order valence-electron chi connectivity index (χ0n) is 20.1. The summed E-state index contributed by atoms with van der Waals surface area (Å²) in [7, 11) is 1.68. The molecule has 6 nitrogen and oxygen atoms in total. The molecular weight excluding hydrogens is 446 g/mol. The van der Waals surface area contributed by atoms with Gasteiger partial charge < -0.3 is 9.46 Å². The summed E-state index contributed by atoms with van der Waals surface area (Å²) in [6.45, 7) is 6.46. The van der Waals surface area contributed by atoms with E-state index in [1.54, 1.807) is 19.1 Å². The molecule has 0 spiro atoms. The van der Waals surface area contributed by atoms with Crippen molar-refractivity contribution in [2.45, 2.75) is 32.6 Å². The molecule has 0 fully saturated rings. The van der Waals surface area contributed by atoms with Gasteiger partial charge in [-0.25, -0.2) is 4.79 Å². The third-order valence-electron chi connectivity index (χ3n) is 6.36. The zero-order chi connectivity index (χ0) is 24.5. The summed E-state index contributed by atoms with van der Waals surface area (Å²) in [4.78, 5) is 26.6. The fourth-order valence-corrected chi connectivity index (χ4v) is 4.46. The minimum atomic E-state index is -0.476. The number of methoxy groups -OCH3 is 1. The van der Waals surface area contributed by atoms with E-state index in [4.69, 9.17) is 4.74 Å². The molecule has 0 atom stereocenters. The lowest BCUT2D eigenvalue weighted by molar-refractivity contribution is 0.390. The highest BCUT2D eigenvalue weighted by Gasteiger charge is 2.26. The van der Waals surface area contributed by atoms with Crippen LogP contribution in [0.1, 0.15) is 32.8 Å². The third-order valence-corrected chi connectivity index (χ3v) is 6.80. The highest BCUT2D eigenvalue weighted by molar-refractivity contribution is 7.99. The SMILES string of the molecule is CCC(C)(C)c1cc(-n2ccc(=O)[nH]c2=O)cc(-c2ccc3cc(NSC)ccc3c2)c1OC. The number of aromatic nitrogens is 2. The molecule has 4 rings (SSSR count). The number of fused-ring (bicyclic) bond motifs is 1. The van der Waals surface area contributed by atoms with Crippen molar-refractivity contribution in [1.82, 2.24) is 9.55 Å². The van der Waals surface area contributed by atoms with Crippen LogP contribution in [0.2, 0.25) is 0 Å². The topological polar surface area (TPSA) is 76.1 Å². The molecule has 0 aliphatic rings. The first-order chi connectivity index (χ1) is 16.3. The normalized spacial score (nSPS) is 11.6.